The molecule has 8 aromatic carbocycles. The molecule has 0 amide bonds. The van der Waals surface area contributed by atoms with Crippen LogP contribution in [0.1, 0.15) is 0 Å². The Balaban J connectivity index is 1.10. The second kappa shape index (κ2) is 11.2. The predicted octanol–water partition coefficient (Wildman–Crippen LogP) is 13.9. The van der Waals surface area contributed by atoms with Crippen molar-refractivity contribution < 1.29 is 4.42 Å². The summed E-state index contributed by atoms with van der Waals surface area (Å²) in [4.78, 5) is 2.36. The topological polar surface area (TPSA) is 16.4 Å². The highest BCUT2D eigenvalue weighted by atomic mass is 32.1. The van der Waals surface area contributed by atoms with E-state index in [1.54, 1.807) is 0 Å². The first-order chi connectivity index (χ1) is 24.3. The molecule has 0 unspecified atom stereocenters. The number of para-hydroxylation sites is 1. The number of rotatable bonds is 5. The highest BCUT2D eigenvalue weighted by molar-refractivity contribution is 7.26. The molecule has 0 N–H and O–H groups in total. The summed E-state index contributed by atoms with van der Waals surface area (Å²) < 4.78 is 8.86. The molecule has 3 heteroatoms. The number of anilines is 3. The number of hydrogen-bond donors (Lipinski definition) is 0. The minimum Gasteiger partial charge on any atom is -0.456 e. The van der Waals surface area contributed by atoms with Gasteiger partial charge in [0.15, 0.2) is 0 Å². The van der Waals surface area contributed by atoms with E-state index >= 15 is 0 Å². The molecule has 0 bridgehead atoms. The smallest absolute Gasteiger partial charge is 0.136 e. The Kier molecular flexibility index (Phi) is 6.39. The maximum Gasteiger partial charge on any atom is 0.136 e. The minimum atomic E-state index is 0.916. The number of fused-ring (bicyclic) bond motifs is 7. The van der Waals surface area contributed by atoms with E-state index in [1.165, 1.54) is 47.8 Å². The Morgan fingerprint density at radius 3 is 1.86 bits per heavy atom. The monoisotopic (exact) mass is 643 g/mol. The lowest BCUT2D eigenvalue weighted by Gasteiger charge is -2.26. The van der Waals surface area contributed by atoms with Crippen LogP contribution in [0.5, 0.6) is 0 Å². The molecule has 2 nitrogen and oxygen atoms in total. The number of hydrogen-bond acceptors (Lipinski definition) is 3. The number of thiophene rings is 1. The normalized spacial score (nSPS) is 11.7. The summed E-state index contributed by atoms with van der Waals surface area (Å²) in [5.74, 6) is 0. The van der Waals surface area contributed by atoms with Gasteiger partial charge in [0.25, 0.3) is 0 Å². The Labute approximate surface area is 287 Å². The van der Waals surface area contributed by atoms with E-state index in [0.717, 1.165) is 44.4 Å². The standard InChI is InChI=1S/C46H29NOS/c1-2-9-30(10-3-1)31-17-22-35(23-18-31)47(37-26-21-33-29-44-42(28-34(33)27-37)39-11-4-6-15-43(39)48-44)36-24-19-32(20-25-36)38-13-8-14-41-40-12-5-7-16-45(40)49-46(38)41/h1-29H. The third kappa shape index (κ3) is 4.70. The van der Waals surface area contributed by atoms with Gasteiger partial charge in [0.05, 0.1) is 0 Å². The summed E-state index contributed by atoms with van der Waals surface area (Å²) in [5, 5.41) is 7.25. The maximum atomic E-state index is 6.21. The molecule has 49 heavy (non-hydrogen) atoms. The van der Waals surface area contributed by atoms with Crippen LogP contribution in [0.2, 0.25) is 0 Å². The van der Waals surface area contributed by atoms with Crippen molar-refractivity contribution in [3.05, 3.63) is 176 Å². The summed E-state index contributed by atoms with van der Waals surface area (Å²) in [6, 6.07) is 63.3. The Bertz CT molecular complexity index is 2810. The molecule has 0 saturated heterocycles. The van der Waals surface area contributed by atoms with Gasteiger partial charge in [-0.1, -0.05) is 115 Å². The van der Waals surface area contributed by atoms with Crippen LogP contribution in [0.3, 0.4) is 0 Å². The molecule has 0 saturated carbocycles. The number of benzene rings is 8. The van der Waals surface area contributed by atoms with Crippen LogP contribution in [0, 0.1) is 0 Å². The van der Waals surface area contributed by atoms with Gasteiger partial charge in [-0.25, -0.2) is 0 Å². The molecule has 2 aromatic heterocycles. The average Bonchev–Trinajstić information content (AvgIpc) is 3.73. The van der Waals surface area contributed by atoms with Crippen LogP contribution >= 0.6 is 11.3 Å². The van der Waals surface area contributed by atoms with Gasteiger partial charge in [-0.05, 0) is 93.7 Å². The first kappa shape index (κ1) is 27.9. The van der Waals surface area contributed by atoms with Gasteiger partial charge in [-0.2, -0.15) is 0 Å². The van der Waals surface area contributed by atoms with Crippen LogP contribution < -0.4 is 4.90 Å². The Morgan fingerprint density at radius 1 is 0.388 bits per heavy atom. The van der Waals surface area contributed by atoms with Crippen molar-refractivity contribution >= 4 is 81.3 Å². The van der Waals surface area contributed by atoms with Gasteiger partial charge in [-0.15, -0.1) is 11.3 Å². The zero-order valence-corrected chi connectivity index (χ0v) is 27.3. The summed E-state index contributed by atoms with van der Waals surface area (Å²) in [6.07, 6.45) is 0. The van der Waals surface area contributed by atoms with Gasteiger partial charge < -0.3 is 9.32 Å². The Hall–Kier alpha value is -6.16. The van der Waals surface area contributed by atoms with Crippen molar-refractivity contribution in [2.75, 3.05) is 4.90 Å². The van der Waals surface area contributed by atoms with Gasteiger partial charge in [0, 0.05) is 48.0 Å². The summed E-state index contributed by atoms with van der Waals surface area (Å²) in [5.41, 5.74) is 10.0. The van der Waals surface area contributed by atoms with Crippen LogP contribution in [-0.4, -0.2) is 0 Å². The van der Waals surface area contributed by atoms with E-state index in [9.17, 15) is 0 Å². The molecular weight excluding hydrogens is 615 g/mol. The van der Waals surface area contributed by atoms with E-state index < -0.39 is 0 Å². The predicted molar refractivity (Wildman–Crippen MR) is 210 cm³/mol. The van der Waals surface area contributed by atoms with Crippen molar-refractivity contribution in [2.24, 2.45) is 0 Å². The highest BCUT2D eigenvalue weighted by Gasteiger charge is 2.16. The fourth-order valence-electron chi connectivity index (χ4n) is 7.24. The lowest BCUT2D eigenvalue weighted by atomic mass is 10.0. The average molecular weight is 644 g/mol. The molecule has 0 aliphatic carbocycles. The second-order valence-electron chi connectivity index (χ2n) is 12.6. The molecule has 0 radical (unpaired) electrons. The van der Waals surface area contributed by atoms with Crippen molar-refractivity contribution in [3.8, 4) is 22.3 Å². The molecule has 0 spiro atoms. The van der Waals surface area contributed by atoms with Gasteiger partial charge in [0.1, 0.15) is 11.2 Å². The quantitative estimate of drug-likeness (QED) is 0.186. The summed E-state index contributed by atoms with van der Waals surface area (Å²) in [7, 11) is 0. The second-order valence-corrected chi connectivity index (χ2v) is 13.6. The third-order valence-corrected chi connectivity index (χ3v) is 10.9. The van der Waals surface area contributed by atoms with E-state index in [-0.39, 0.29) is 0 Å². The highest BCUT2D eigenvalue weighted by Crippen LogP contribution is 2.42. The summed E-state index contributed by atoms with van der Waals surface area (Å²) in [6.45, 7) is 0. The van der Waals surface area contributed by atoms with E-state index in [1.807, 2.05) is 23.5 Å². The number of nitrogens with zero attached hydrogens (tertiary/aromatic N) is 1. The van der Waals surface area contributed by atoms with Crippen molar-refractivity contribution in [1.29, 1.82) is 0 Å². The van der Waals surface area contributed by atoms with Crippen molar-refractivity contribution in [2.45, 2.75) is 0 Å². The maximum absolute atomic E-state index is 6.21. The molecule has 0 aliphatic heterocycles. The van der Waals surface area contributed by atoms with Crippen LogP contribution in [-0.2, 0) is 0 Å². The first-order valence-corrected chi connectivity index (χ1v) is 17.4. The molecular formula is C46H29NOS. The minimum absolute atomic E-state index is 0.916. The van der Waals surface area contributed by atoms with Crippen molar-refractivity contribution in [1.82, 2.24) is 0 Å². The lowest BCUT2D eigenvalue weighted by Crippen LogP contribution is -2.09. The van der Waals surface area contributed by atoms with Crippen LogP contribution in [0.15, 0.2) is 180 Å². The van der Waals surface area contributed by atoms with Gasteiger partial charge in [-0.3, -0.25) is 0 Å². The fourth-order valence-corrected chi connectivity index (χ4v) is 8.48. The molecule has 0 atom stereocenters. The molecule has 10 rings (SSSR count). The van der Waals surface area contributed by atoms with E-state index in [0.29, 0.717) is 0 Å². The van der Waals surface area contributed by atoms with E-state index in [4.69, 9.17) is 4.42 Å². The zero-order chi connectivity index (χ0) is 32.3. The van der Waals surface area contributed by atoms with Crippen molar-refractivity contribution in [3.63, 3.8) is 0 Å². The summed E-state index contributed by atoms with van der Waals surface area (Å²) >= 11 is 1.87. The molecule has 0 fully saturated rings. The van der Waals surface area contributed by atoms with Gasteiger partial charge >= 0.3 is 0 Å². The van der Waals surface area contributed by atoms with Crippen LogP contribution in [0.25, 0.3) is 75.1 Å². The largest absolute Gasteiger partial charge is 0.456 e. The molecule has 10 aromatic rings. The lowest BCUT2D eigenvalue weighted by molar-refractivity contribution is 0.669. The molecule has 2 heterocycles. The SMILES string of the molecule is c1ccc(-c2ccc(N(c3ccc(-c4cccc5c4sc4ccccc45)cc3)c3ccc4cc5oc6ccccc6c5cc4c3)cc2)cc1. The fraction of sp³-hybridized carbons (Fsp3) is 0. The molecule has 0 aliphatic rings. The van der Waals surface area contributed by atoms with E-state index in [2.05, 4.69) is 169 Å². The molecule has 230 valence electrons. The van der Waals surface area contributed by atoms with Gasteiger partial charge in [0.2, 0.25) is 0 Å². The number of furan rings is 1. The Morgan fingerprint density at radius 2 is 1.04 bits per heavy atom. The van der Waals surface area contributed by atoms with Crippen LogP contribution in [0.4, 0.5) is 17.1 Å². The zero-order valence-electron chi connectivity index (χ0n) is 26.5. The first-order valence-electron chi connectivity index (χ1n) is 16.6. The third-order valence-electron chi connectivity index (χ3n) is 9.65.